The van der Waals surface area contributed by atoms with Gasteiger partial charge in [-0.1, -0.05) is 11.3 Å². The number of hydrogen-bond acceptors (Lipinski definition) is 4. The topological polar surface area (TPSA) is 39.9 Å². The maximum atomic E-state index is 5.80. The maximum Gasteiger partial charge on any atom is 0.112 e. The van der Waals surface area contributed by atoms with Gasteiger partial charge in [-0.3, -0.25) is 0 Å². The van der Waals surface area contributed by atoms with Gasteiger partial charge < -0.3 is 4.74 Å². The van der Waals surface area contributed by atoms with Crippen LogP contribution in [0.2, 0.25) is 0 Å². The van der Waals surface area contributed by atoms with Gasteiger partial charge in [-0.15, -0.1) is 28.0 Å². The largest absolute Gasteiger partial charge is 0.364 e. The third-order valence-corrected chi connectivity index (χ3v) is 3.88. The number of aromatic nitrogens is 3. The lowest BCUT2D eigenvalue weighted by atomic mass is 10.2. The molecule has 4 nitrogen and oxygen atoms in total. The highest BCUT2D eigenvalue weighted by molar-refractivity contribution is 7.10. The lowest BCUT2D eigenvalue weighted by Gasteiger charge is -2.22. The molecule has 3 rings (SSSR count). The van der Waals surface area contributed by atoms with Gasteiger partial charge in [0.15, 0.2) is 0 Å². The van der Waals surface area contributed by atoms with E-state index in [1.54, 1.807) is 11.3 Å². The van der Waals surface area contributed by atoms with E-state index in [4.69, 9.17) is 16.3 Å². The van der Waals surface area contributed by atoms with Crippen LogP contribution in [0.25, 0.3) is 0 Å². The first kappa shape index (κ1) is 10.3. The molecule has 84 valence electrons. The number of nitrogens with zero attached hydrogens (tertiary/aromatic N) is 3. The fraction of sp³-hybridized carbons (Fsp3) is 0.400. The third kappa shape index (κ3) is 1.65. The van der Waals surface area contributed by atoms with E-state index in [9.17, 15) is 0 Å². The highest BCUT2D eigenvalue weighted by Gasteiger charge is 2.24. The lowest BCUT2D eigenvalue weighted by Crippen LogP contribution is -2.21. The Labute approximate surface area is 102 Å². The highest BCUT2D eigenvalue weighted by Crippen LogP contribution is 2.29. The quantitative estimate of drug-likeness (QED) is 0.774. The van der Waals surface area contributed by atoms with Crippen LogP contribution in [0, 0.1) is 0 Å². The van der Waals surface area contributed by atoms with Crippen molar-refractivity contribution in [2.24, 2.45) is 0 Å². The molecule has 0 aromatic carbocycles. The maximum absolute atomic E-state index is 5.80. The summed E-state index contributed by atoms with van der Waals surface area (Å²) in [5, 5.41) is 10.2. The molecule has 1 atom stereocenters. The van der Waals surface area contributed by atoms with Gasteiger partial charge in [0, 0.05) is 4.88 Å². The molecule has 0 saturated heterocycles. The van der Waals surface area contributed by atoms with Crippen molar-refractivity contribution < 1.29 is 4.74 Å². The molecule has 2 aromatic heterocycles. The Morgan fingerprint density at radius 1 is 1.62 bits per heavy atom. The molecule has 0 radical (unpaired) electrons. The highest BCUT2D eigenvalue weighted by atomic mass is 35.5. The Morgan fingerprint density at radius 3 is 3.31 bits per heavy atom. The number of fused-ring (bicyclic) bond motifs is 1. The monoisotopic (exact) mass is 255 g/mol. The van der Waals surface area contributed by atoms with Crippen LogP contribution in [-0.2, 0) is 23.8 Å². The second-order valence-electron chi connectivity index (χ2n) is 3.61. The van der Waals surface area contributed by atoms with Crippen molar-refractivity contribution in [3.05, 3.63) is 33.8 Å². The van der Waals surface area contributed by atoms with Crippen LogP contribution in [0.15, 0.2) is 17.5 Å². The second-order valence-corrected chi connectivity index (χ2v) is 4.86. The number of ether oxygens (including phenoxy) is 1. The Hall–Kier alpha value is -0.910. The Bertz CT molecular complexity index is 482. The average Bonchev–Trinajstić information content (AvgIpc) is 2.97. The van der Waals surface area contributed by atoms with Crippen LogP contribution in [-0.4, -0.2) is 15.0 Å². The summed E-state index contributed by atoms with van der Waals surface area (Å²) in [4.78, 5) is 1.23. The van der Waals surface area contributed by atoms with E-state index < -0.39 is 0 Å². The summed E-state index contributed by atoms with van der Waals surface area (Å²) in [6.45, 7) is 1.26. The SMILES string of the molecule is ClCc1nnn2c1CO[C@@H](c1cccs1)C2. The molecule has 0 fully saturated rings. The van der Waals surface area contributed by atoms with E-state index in [1.807, 2.05) is 10.7 Å². The fourth-order valence-electron chi connectivity index (χ4n) is 1.81. The first-order chi connectivity index (χ1) is 7.88. The normalized spacial score (nSPS) is 19.7. The Morgan fingerprint density at radius 2 is 2.56 bits per heavy atom. The van der Waals surface area contributed by atoms with Gasteiger partial charge in [0.2, 0.25) is 0 Å². The zero-order valence-corrected chi connectivity index (χ0v) is 10.0. The zero-order valence-electron chi connectivity index (χ0n) is 8.47. The molecule has 0 bridgehead atoms. The van der Waals surface area contributed by atoms with E-state index in [-0.39, 0.29) is 6.10 Å². The van der Waals surface area contributed by atoms with Crippen molar-refractivity contribution in [3.63, 3.8) is 0 Å². The van der Waals surface area contributed by atoms with E-state index in [0.29, 0.717) is 12.5 Å². The summed E-state index contributed by atoms with van der Waals surface area (Å²) in [5.41, 5.74) is 1.83. The average molecular weight is 256 g/mol. The molecule has 0 unspecified atom stereocenters. The van der Waals surface area contributed by atoms with Crippen molar-refractivity contribution in [2.75, 3.05) is 0 Å². The minimum atomic E-state index is 0.0948. The smallest absolute Gasteiger partial charge is 0.112 e. The first-order valence-corrected chi connectivity index (χ1v) is 6.42. The fourth-order valence-corrected chi connectivity index (χ4v) is 2.79. The summed E-state index contributed by atoms with van der Waals surface area (Å²) in [7, 11) is 0. The molecule has 16 heavy (non-hydrogen) atoms. The van der Waals surface area contributed by atoms with Crippen molar-refractivity contribution in [2.45, 2.75) is 25.1 Å². The van der Waals surface area contributed by atoms with Crippen LogP contribution < -0.4 is 0 Å². The van der Waals surface area contributed by atoms with E-state index in [1.165, 1.54) is 4.88 Å². The van der Waals surface area contributed by atoms with Gasteiger partial charge in [0.1, 0.15) is 11.8 Å². The molecule has 0 amide bonds. The van der Waals surface area contributed by atoms with Crippen LogP contribution in [0.1, 0.15) is 22.4 Å². The molecule has 0 saturated carbocycles. The van der Waals surface area contributed by atoms with Gasteiger partial charge >= 0.3 is 0 Å². The number of rotatable bonds is 2. The van der Waals surface area contributed by atoms with Crippen molar-refractivity contribution in [1.29, 1.82) is 0 Å². The van der Waals surface area contributed by atoms with Crippen LogP contribution in [0.3, 0.4) is 0 Å². The van der Waals surface area contributed by atoms with Crippen LogP contribution in [0.4, 0.5) is 0 Å². The van der Waals surface area contributed by atoms with Crippen LogP contribution >= 0.6 is 22.9 Å². The summed E-state index contributed by atoms with van der Waals surface area (Å²) in [6.07, 6.45) is 0.0948. The molecule has 0 spiro atoms. The molecule has 1 aliphatic rings. The molecule has 1 aliphatic heterocycles. The predicted octanol–water partition coefficient (Wildman–Crippen LogP) is 2.35. The van der Waals surface area contributed by atoms with E-state index in [0.717, 1.165) is 17.9 Å². The predicted molar refractivity (Wildman–Crippen MR) is 61.4 cm³/mol. The van der Waals surface area contributed by atoms with Gasteiger partial charge in [-0.2, -0.15) is 0 Å². The molecule has 2 aromatic rings. The lowest BCUT2D eigenvalue weighted by molar-refractivity contribution is 0.000478. The zero-order chi connectivity index (χ0) is 11.0. The van der Waals surface area contributed by atoms with Crippen molar-refractivity contribution in [3.8, 4) is 0 Å². The Kier molecular flexibility index (Phi) is 2.67. The minimum Gasteiger partial charge on any atom is -0.364 e. The number of alkyl halides is 1. The minimum absolute atomic E-state index is 0.0948. The second kappa shape index (κ2) is 4.16. The Balaban J connectivity index is 1.87. The van der Waals surface area contributed by atoms with Gasteiger partial charge in [0.25, 0.3) is 0 Å². The van der Waals surface area contributed by atoms with Crippen molar-refractivity contribution >= 4 is 22.9 Å². The number of thiophene rings is 1. The number of halogens is 1. The van der Waals surface area contributed by atoms with Gasteiger partial charge in [-0.05, 0) is 11.4 Å². The first-order valence-electron chi connectivity index (χ1n) is 5.00. The molecular weight excluding hydrogens is 246 g/mol. The van der Waals surface area contributed by atoms with Gasteiger partial charge in [-0.25, -0.2) is 4.68 Å². The molecule has 6 heteroatoms. The summed E-state index contributed by atoms with van der Waals surface area (Å²) < 4.78 is 7.70. The summed E-state index contributed by atoms with van der Waals surface area (Å²) in [6, 6.07) is 4.12. The molecular formula is C10H10ClN3OS. The van der Waals surface area contributed by atoms with E-state index in [2.05, 4.69) is 21.8 Å². The van der Waals surface area contributed by atoms with Crippen molar-refractivity contribution in [1.82, 2.24) is 15.0 Å². The molecule has 0 aliphatic carbocycles. The summed E-state index contributed by atoms with van der Waals surface area (Å²) in [5.74, 6) is 0.391. The van der Waals surface area contributed by atoms with E-state index >= 15 is 0 Å². The van der Waals surface area contributed by atoms with Crippen LogP contribution in [0.5, 0.6) is 0 Å². The third-order valence-electron chi connectivity index (χ3n) is 2.67. The standard InChI is InChI=1S/C10H10ClN3OS/c11-4-7-8-6-15-9(5-14(8)13-12-7)10-2-1-3-16-10/h1-3,9H,4-6H2/t9-/m1/s1. The van der Waals surface area contributed by atoms with Gasteiger partial charge in [0.05, 0.1) is 24.7 Å². The summed E-state index contributed by atoms with van der Waals surface area (Å²) >= 11 is 7.48. The molecule has 3 heterocycles. The molecule has 0 N–H and O–H groups in total. The number of hydrogen-bond donors (Lipinski definition) is 0.